The van der Waals surface area contributed by atoms with E-state index in [4.69, 9.17) is 4.74 Å². The van der Waals surface area contributed by atoms with Crippen molar-refractivity contribution in [1.29, 1.82) is 0 Å². The molecule has 0 saturated carbocycles. The van der Waals surface area contributed by atoms with Gasteiger partial charge in [0.15, 0.2) is 0 Å². The van der Waals surface area contributed by atoms with Crippen LogP contribution in [0.2, 0.25) is 0 Å². The van der Waals surface area contributed by atoms with Gasteiger partial charge < -0.3 is 4.74 Å². The fraction of sp³-hybridized carbons (Fsp3) is 0.250. The number of rotatable bonds is 5. The van der Waals surface area contributed by atoms with Gasteiger partial charge in [-0.15, -0.1) is 0 Å². The van der Waals surface area contributed by atoms with Crippen molar-refractivity contribution >= 4 is 17.5 Å². The number of allylic oxidation sites excluding steroid dienone is 1. The molecule has 0 aliphatic rings. The third-order valence-electron chi connectivity index (χ3n) is 3.66. The zero-order valence-corrected chi connectivity index (χ0v) is 13.8. The molecule has 0 atom stereocenters. The van der Waals surface area contributed by atoms with Crippen LogP contribution in [0.1, 0.15) is 29.2 Å². The second kappa shape index (κ2) is 7.08. The summed E-state index contributed by atoms with van der Waals surface area (Å²) in [6.45, 7) is 10.3. The number of aliphatic imine (C=N–C) groups is 1. The second-order valence-electron chi connectivity index (χ2n) is 5.50. The Morgan fingerprint density at radius 2 is 2.00 bits per heavy atom. The van der Waals surface area contributed by atoms with Gasteiger partial charge in [0.1, 0.15) is 5.75 Å². The Hall–Kier alpha value is -2.35. The predicted octanol–water partition coefficient (Wildman–Crippen LogP) is 5.29. The quantitative estimate of drug-likeness (QED) is 0.686. The van der Waals surface area contributed by atoms with Crippen molar-refractivity contribution in [3.05, 3.63) is 65.2 Å². The summed E-state index contributed by atoms with van der Waals surface area (Å²) in [6.07, 6.45) is 2.62. The molecule has 0 aliphatic heterocycles. The summed E-state index contributed by atoms with van der Waals surface area (Å²) < 4.78 is 5.45. The maximum Gasteiger partial charge on any atom is 0.122 e. The Balaban J connectivity index is 2.39. The van der Waals surface area contributed by atoms with E-state index in [9.17, 15) is 0 Å². The van der Waals surface area contributed by atoms with E-state index in [0.717, 1.165) is 34.6 Å². The lowest BCUT2D eigenvalue weighted by Gasteiger charge is -2.14. The van der Waals surface area contributed by atoms with E-state index in [2.05, 4.69) is 48.8 Å². The van der Waals surface area contributed by atoms with Crippen LogP contribution < -0.4 is 4.74 Å². The molecule has 2 aromatic carbocycles. The SMILES string of the molecule is C=C(Cc1cccc(C)c1)c1cc(OC)c(C)cc1N=CC. The first-order valence-electron chi connectivity index (χ1n) is 7.46. The van der Waals surface area contributed by atoms with Gasteiger partial charge in [0.05, 0.1) is 12.8 Å². The molecule has 0 unspecified atom stereocenters. The molecular formula is C20H23NO. The Morgan fingerprint density at radius 1 is 1.23 bits per heavy atom. The average Bonchev–Trinajstić information content (AvgIpc) is 2.47. The molecule has 0 spiro atoms. The highest BCUT2D eigenvalue weighted by Gasteiger charge is 2.11. The first-order valence-corrected chi connectivity index (χ1v) is 7.46. The summed E-state index contributed by atoms with van der Waals surface area (Å²) >= 11 is 0. The molecule has 0 saturated heterocycles. The van der Waals surface area contributed by atoms with Gasteiger partial charge in [0.2, 0.25) is 0 Å². The maximum atomic E-state index is 5.45. The summed E-state index contributed by atoms with van der Waals surface area (Å²) in [5.74, 6) is 0.871. The van der Waals surface area contributed by atoms with Crippen molar-refractivity contribution < 1.29 is 4.74 Å². The Kier molecular flexibility index (Phi) is 5.16. The zero-order valence-electron chi connectivity index (χ0n) is 13.8. The van der Waals surface area contributed by atoms with Gasteiger partial charge in [0.25, 0.3) is 0 Å². The van der Waals surface area contributed by atoms with Crippen molar-refractivity contribution in [3.63, 3.8) is 0 Å². The Bertz CT molecular complexity index is 714. The molecular weight excluding hydrogens is 270 g/mol. The smallest absolute Gasteiger partial charge is 0.122 e. The largest absolute Gasteiger partial charge is 0.496 e. The van der Waals surface area contributed by atoms with Gasteiger partial charge >= 0.3 is 0 Å². The number of methoxy groups -OCH3 is 1. The van der Waals surface area contributed by atoms with Crippen molar-refractivity contribution in [1.82, 2.24) is 0 Å². The number of hydrogen-bond donors (Lipinski definition) is 0. The number of ether oxygens (including phenoxy) is 1. The summed E-state index contributed by atoms with van der Waals surface area (Å²) in [6, 6.07) is 12.6. The lowest BCUT2D eigenvalue weighted by atomic mass is 9.96. The van der Waals surface area contributed by atoms with Gasteiger partial charge in [-0.2, -0.15) is 0 Å². The molecule has 22 heavy (non-hydrogen) atoms. The topological polar surface area (TPSA) is 21.6 Å². The van der Waals surface area contributed by atoms with Crippen LogP contribution >= 0.6 is 0 Å². The van der Waals surface area contributed by atoms with Gasteiger partial charge in [-0.3, -0.25) is 4.99 Å². The number of aryl methyl sites for hydroxylation is 2. The summed E-state index contributed by atoms with van der Waals surface area (Å²) in [5.41, 5.74) is 6.63. The maximum absolute atomic E-state index is 5.45. The number of nitrogens with zero attached hydrogens (tertiary/aromatic N) is 1. The fourth-order valence-corrected chi connectivity index (χ4v) is 2.59. The average molecular weight is 293 g/mol. The van der Waals surface area contributed by atoms with E-state index < -0.39 is 0 Å². The van der Waals surface area contributed by atoms with Crippen LogP contribution in [-0.2, 0) is 6.42 Å². The van der Waals surface area contributed by atoms with Crippen LogP contribution in [0.15, 0.2) is 48.0 Å². The molecule has 0 radical (unpaired) electrons. The van der Waals surface area contributed by atoms with Crippen LogP contribution in [0.4, 0.5) is 5.69 Å². The molecule has 2 rings (SSSR count). The molecule has 0 heterocycles. The summed E-state index contributed by atoms with van der Waals surface area (Å²) in [4.78, 5) is 4.48. The summed E-state index contributed by atoms with van der Waals surface area (Å²) in [7, 11) is 1.69. The lowest BCUT2D eigenvalue weighted by molar-refractivity contribution is 0.411. The highest BCUT2D eigenvalue weighted by atomic mass is 16.5. The van der Waals surface area contributed by atoms with E-state index in [1.807, 2.05) is 26.1 Å². The van der Waals surface area contributed by atoms with E-state index in [1.54, 1.807) is 7.11 Å². The van der Waals surface area contributed by atoms with E-state index in [-0.39, 0.29) is 0 Å². The molecule has 0 N–H and O–H groups in total. The molecule has 0 aromatic heterocycles. The van der Waals surface area contributed by atoms with Gasteiger partial charge in [-0.1, -0.05) is 36.4 Å². The normalized spacial score (nSPS) is 10.9. The molecule has 0 bridgehead atoms. The summed E-state index contributed by atoms with van der Waals surface area (Å²) in [5, 5.41) is 0. The fourth-order valence-electron chi connectivity index (χ4n) is 2.59. The van der Waals surface area contributed by atoms with Crippen molar-refractivity contribution in [2.24, 2.45) is 4.99 Å². The number of hydrogen-bond acceptors (Lipinski definition) is 2. The minimum atomic E-state index is 0.806. The van der Waals surface area contributed by atoms with E-state index >= 15 is 0 Å². The highest BCUT2D eigenvalue weighted by Crippen LogP contribution is 2.34. The molecule has 114 valence electrons. The van der Waals surface area contributed by atoms with Crippen molar-refractivity contribution in [2.75, 3.05) is 7.11 Å². The third kappa shape index (κ3) is 3.64. The first-order chi connectivity index (χ1) is 10.5. The lowest BCUT2D eigenvalue weighted by Crippen LogP contribution is -1.94. The highest BCUT2D eigenvalue weighted by molar-refractivity contribution is 5.79. The van der Waals surface area contributed by atoms with E-state index in [0.29, 0.717) is 0 Å². The standard InChI is InChI=1S/C20H23NO/c1-6-21-19-12-16(4)20(22-5)13-18(19)15(3)11-17-9-7-8-14(2)10-17/h6-10,12-13H,3,11H2,1-2,4-5H3. The number of benzene rings is 2. The van der Waals surface area contributed by atoms with Crippen LogP contribution in [0.25, 0.3) is 5.57 Å². The predicted molar refractivity (Wildman–Crippen MR) is 95.5 cm³/mol. The van der Waals surface area contributed by atoms with Gasteiger partial charge in [-0.25, -0.2) is 0 Å². The third-order valence-corrected chi connectivity index (χ3v) is 3.66. The molecule has 2 aromatic rings. The van der Waals surface area contributed by atoms with Crippen LogP contribution in [-0.4, -0.2) is 13.3 Å². The minimum absolute atomic E-state index is 0.806. The van der Waals surface area contributed by atoms with E-state index in [1.165, 1.54) is 11.1 Å². The van der Waals surface area contributed by atoms with Crippen molar-refractivity contribution in [2.45, 2.75) is 27.2 Å². The molecule has 2 nitrogen and oxygen atoms in total. The van der Waals surface area contributed by atoms with Gasteiger partial charge in [-0.05, 0) is 56.0 Å². The van der Waals surface area contributed by atoms with Crippen LogP contribution in [0, 0.1) is 13.8 Å². The Labute approximate surface area is 133 Å². The zero-order chi connectivity index (χ0) is 16.1. The molecule has 0 aliphatic carbocycles. The first kappa shape index (κ1) is 16.0. The second-order valence-corrected chi connectivity index (χ2v) is 5.50. The molecule has 2 heteroatoms. The van der Waals surface area contributed by atoms with Crippen molar-refractivity contribution in [3.8, 4) is 5.75 Å². The minimum Gasteiger partial charge on any atom is -0.496 e. The Morgan fingerprint density at radius 3 is 2.64 bits per heavy atom. The molecule has 0 amide bonds. The van der Waals surface area contributed by atoms with Gasteiger partial charge in [0, 0.05) is 11.8 Å². The van der Waals surface area contributed by atoms with Crippen LogP contribution in [0.3, 0.4) is 0 Å². The van der Waals surface area contributed by atoms with Crippen LogP contribution in [0.5, 0.6) is 5.75 Å². The monoisotopic (exact) mass is 293 g/mol. The molecule has 0 fully saturated rings.